The van der Waals surface area contributed by atoms with E-state index in [4.69, 9.17) is 0 Å². The predicted octanol–water partition coefficient (Wildman–Crippen LogP) is 4.58. The Bertz CT molecular complexity index is 354. The zero-order chi connectivity index (χ0) is 12.5. The first kappa shape index (κ1) is 12.5. The van der Waals surface area contributed by atoms with Crippen LogP contribution in [-0.2, 0) is 5.41 Å². The van der Waals surface area contributed by atoms with Crippen LogP contribution in [0.2, 0.25) is 0 Å². The van der Waals surface area contributed by atoms with Crippen LogP contribution in [0.5, 0.6) is 0 Å². The van der Waals surface area contributed by atoms with Crippen molar-refractivity contribution in [2.45, 2.75) is 58.4 Å². The lowest BCUT2D eigenvalue weighted by molar-refractivity contribution is 0.590. The summed E-state index contributed by atoms with van der Waals surface area (Å²) in [6.07, 6.45) is 4.20. The van der Waals surface area contributed by atoms with Gasteiger partial charge in [0.1, 0.15) is 0 Å². The molecular formula is C16H25N. The van der Waals surface area contributed by atoms with Gasteiger partial charge in [-0.1, -0.05) is 45.7 Å². The van der Waals surface area contributed by atoms with Crippen molar-refractivity contribution in [2.24, 2.45) is 5.92 Å². The Balaban J connectivity index is 1.92. The molecule has 1 aromatic carbocycles. The molecule has 1 nitrogen and oxygen atoms in total. The molecule has 2 rings (SSSR count). The first-order valence-electron chi connectivity index (χ1n) is 6.82. The molecule has 0 amide bonds. The fourth-order valence-corrected chi connectivity index (χ4v) is 2.26. The first-order chi connectivity index (χ1) is 7.95. The molecule has 1 fully saturated rings. The van der Waals surface area contributed by atoms with Crippen LogP contribution in [0.3, 0.4) is 0 Å². The molecule has 1 N–H and O–H groups in total. The SMILES string of the molecule is CC(CC1CC1)Nc1ccc(C(C)(C)C)cc1. The number of benzene rings is 1. The van der Waals surface area contributed by atoms with E-state index in [1.165, 1.54) is 30.5 Å². The largest absolute Gasteiger partial charge is 0.383 e. The number of hydrogen-bond donors (Lipinski definition) is 1. The fourth-order valence-electron chi connectivity index (χ4n) is 2.26. The summed E-state index contributed by atoms with van der Waals surface area (Å²) in [4.78, 5) is 0. The standard InChI is InChI=1S/C16H25N/c1-12(11-13-5-6-13)17-15-9-7-14(8-10-15)16(2,3)4/h7-10,12-13,17H,5-6,11H2,1-4H3. The maximum atomic E-state index is 3.59. The third-order valence-electron chi connectivity index (χ3n) is 3.55. The number of nitrogens with one attached hydrogen (secondary N) is 1. The molecule has 1 aliphatic rings. The third kappa shape index (κ3) is 3.76. The van der Waals surface area contributed by atoms with Gasteiger partial charge in [0.05, 0.1) is 0 Å². The van der Waals surface area contributed by atoms with E-state index in [0.717, 1.165) is 5.92 Å². The van der Waals surface area contributed by atoms with E-state index in [1.807, 2.05) is 0 Å². The maximum absolute atomic E-state index is 3.59. The molecule has 17 heavy (non-hydrogen) atoms. The molecule has 0 aromatic heterocycles. The molecule has 0 saturated heterocycles. The molecule has 0 heterocycles. The van der Waals surface area contributed by atoms with Gasteiger partial charge in [-0.2, -0.15) is 0 Å². The Morgan fingerprint density at radius 3 is 2.24 bits per heavy atom. The van der Waals surface area contributed by atoms with Gasteiger partial charge in [0.2, 0.25) is 0 Å². The van der Waals surface area contributed by atoms with E-state index >= 15 is 0 Å². The highest BCUT2D eigenvalue weighted by molar-refractivity contribution is 5.46. The van der Waals surface area contributed by atoms with Gasteiger partial charge in [-0.05, 0) is 42.4 Å². The minimum atomic E-state index is 0.248. The van der Waals surface area contributed by atoms with Crippen molar-refractivity contribution >= 4 is 5.69 Å². The lowest BCUT2D eigenvalue weighted by Crippen LogP contribution is -2.16. The normalized spacial score (nSPS) is 17.9. The summed E-state index contributed by atoms with van der Waals surface area (Å²) in [5.74, 6) is 0.992. The summed E-state index contributed by atoms with van der Waals surface area (Å²) in [6, 6.07) is 9.51. The van der Waals surface area contributed by atoms with Crippen molar-refractivity contribution in [1.82, 2.24) is 0 Å². The second-order valence-corrected chi connectivity index (χ2v) is 6.55. The molecule has 94 valence electrons. The van der Waals surface area contributed by atoms with Gasteiger partial charge in [0, 0.05) is 11.7 Å². The predicted molar refractivity (Wildman–Crippen MR) is 75.6 cm³/mol. The van der Waals surface area contributed by atoms with Crippen LogP contribution >= 0.6 is 0 Å². The summed E-state index contributed by atoms with van der Waals surface area (Å²) in [5, 5.41) is 3.59. The summed E-state index contributed by atoms with van der Waals surface area (Å²) < 4.78 is 0. The van der Waals surface area contributed by atoms with E-state index in [9.17, 15) is 0 Å². The number of anilines is 1. The maximum Gasteiger partial charge on any atom is 0.0342 e. The first-order valence-corrected chi connectivity index (χ1v) is 6.82. The minimum absolute atomic E-state index is 0.248. The van der Waals surface area contributed by atoms with Crippen molar-refractivity contribution in [3.8, 4) is 0 Å². The van der Waals surface area contributed by atoms with Crippen LogP contribution in [0.1, 0.15) is 52.5 Å². The van der Waals surface area contributed by atoms with Gasteiger partial charge in [-0.15, -0.1) is 0 Å². The quantitative estimate of drug-likeness (QED) is 0.799. The molecule has 1 aliphatic carbocycles. The van der Waals surface area contributed by atoms with Crippen molar-refractivity contribution in [3.05, 3.63) is 29.8 Å². The smallest absolute Gasteiger partial charge is 0.0342 e. The molecule has 1 atom stereocenters. The van der Waals surface area contributed by atoms with Gasteiger partial charge in [0.25, 0.3) is 0 Å². The molecule has 0 spiro atoms. The van der Waals surface area contributed by atoms with E-state index in [1.54, 1.807) is 0 Å². The summed E-state index contributed by atoms with van der Waals surface area (Å²) >= 11 is 0. The summed E-state index contributed by atoms with van der Waals surface area (Å²) in [7, 11) is 0. The topological polar surface area (TPSA) is 12.0 Å². The molecule has 0 radical (unpaired) electrons. The van der Waals surface area contributed by atoms with Crippen LogP contribution < -0.4 is 5.32 Å². The zero-order valence-corrected chi connectivity index (χ0v) is 11.6. The molecule has 1 aromatic rings. The average Bonchev–Trinajstić information content (AvgIpc) is 3.01. The van der Waals surface area contributed by atoms with E-state index < -0.39 is 0 Å². The Morgan fingerprint density at radius 1 is 1.18 bits per heavy atom. The van der Waals surface area contributed by atoms with E-state index in [-0.39, 0.29) is 5.41 Å². The molecule has 1 heteroatoms. The fraction of sp³-hybridized carbons (Fsp3) is 0.625. The zero-order valence-electron chi connectivity index (χ0n) is 11.6. The van der Waals surface area contributed by atoms with Crippen LogP contribution in [-0.4, -0.2) is 6.04 Å². The Kier molecular flexibility index (Phi) is 3.46. The van der Waals surface area contributed by atoms with Gasteiger partial charge in [0.15, 0.2) is 0 Å². The second kappa shape index (κ2) is 4.72. The summed E-state index contributed by atoms with van der Waals surface area (Å²) in [5.41, 5.74) is 2.90. The third-order valence-corrected chi connectivity index (χ3v) is 3.55. The van der Waals surface area contributed by atoms with E-state index in [2.05, 4.69) is 57.3 Å². The van der Waals surface area contributed by atoms with Gasteiger partial charge in [-0.25, -0.2) is 0 Å². The Hall–Kier alpha value is -0.980. The van der Waals surface area contributed by atoms with Gasteiger partial charge in [-0.3, -0.25) is 0 Å². The van der Waals surface area contributed by atoms with Crippen molar-refractivity contribution in [2.75, 3.05) is 5.32 Å². The monoisotopic (exact) mass is 231 g/mol. The van der Waals surface area contributed by atoms with Crippen LogP contribution in [0.4, 0.5) is 5.69 Å². The van der Waals surface area contributed by atoms with Crippen molar-refractivity contribution in [3.63, 3.8) is 0 Å². The highest BCUT2D eigenvalue weighted by Gasteiger charge is 2.23. The van der Waals surface area contributed by atoms with Crippen molar-refractivity contribution < 1.29 is 0 Å². The molecule has 1 saturated carbocycles. The lowest BCUT2D eigenvalue weighted by atomic mass is 9.87. The average molecular weight is 231 g/mol. The molecule has 0 aliphatic heterocycles. The van der Waals surface area contributed by atoms with E-state index in [0.29, 0.717) is 6.04 Å². The molecule has 0 bridgehead atoms. The molecular weight excluding hydrogens is 206 g/mol. The second-order valence-electron chi connectivity index (χ2n) is 6.55. The Morgan fingerprint density at radius 2 is 1.76 bits per heavy atom. The number of rotatable bonds is 4. The van der Waals surface area contributed by atoms with Gasteiger partial charge < -0.3 is 5.32 Å². The van der Waals surface area contributed by atoms with Crippen LogP contribution in [0.25, 0.3) is 0 Å². The highest BCUT2D eigenvalue weighted by Crippen LogP contribution is 2.34. The van der Waals surface area contributed by atoms with Gasteiger partial charge >= 0.3 is 0 Å². The van der Waals surface area contributed by atoms with Crippen LogP contribution in [0.15, 0.2) is 24.3 Å². The highest BCUT2D eigenvalue weighted by atomic mass is 14.9. The Labute approximate surface area is 106 Å². The number of hydrogen-bond acceptors (Lipinski definition) is 1. The van der Waals surface area contributed by atoms with Crippen molar-refractivity contribution in [1.29, 1.82) is 0 Å². The lowest BCUT2D eigenvalue weighted by Gasteiger charge is -2.20. The molecule has 1 unspecified atom stereocenters. The van der Waals surface area contributed by atoms with Crippen LogP contribution in [0, 0.1) is 5.92 Å². The summed E-state index contributed by atoms with van der Waals surface area (Å²) in [6.45, 7) is 9.05. The minimum Gasteiger partial charge on any atom is -0.383 e.